The summed E-state index contributed by atoms with van der Waals surface area (Å²) in [6.07, 6.45) is 1.57. The van der Waals surface area contributed by atoms with Crippen molar-refractivity contribution in [3.63, 3.8) is 0 Å². The highest BCUT2D eigenvalue weighted by atomic mass is 32.2. The number of ether oxygens (including phenoxy) is 1. The first-order valence-corrected chi connectivity index (χ1v) is 11.6. The third kappa shape index (κ3) is 5.08. The van der Waals surface area contributed by atoms with Crippen LogP contribution < -0.4 is 10.5 Å². The molecule has 1 unspecified atom stereocenters. The Kier molecular flexibility index (Phi) is 7.15. The molecule has 0 aromatic heterocycles. The van der Waals surface area contributed by atoms with E-state index in [4.69, 9.17) is 10.5 Å². The molecule has 8 nitrogen and oxygen atoms in total. The molecule has 3 rings (SSSR count). The highest BCUT2D eigenvalue weighted by molar-refractivity contribution is 7.89. The van der Waals surface area contributed by atoms with E-state index in [1.165, 1.54) is 39.5 Å². The molecule has 0 bridgehead atoms. The highest BCUT2D eigenvalue weighted by Gasteiger charge is 2.28. The summed E-state index contributed by atoms with van der Waals surface area (Å²) >= 11 is 0. The SMILES string of the molecule is CC(c1ccc(F)cc1)N(C)C(=O)COc1ccc(S(=O)(=O)N2CCCC2)cc1C(N)=O. The van der Waals surface area contributed by atoms with Crippen molar-refractivity contribution in [3.05, 3.63) is 59.4 Å². The van der Waals surface area contributed by atoms with E-state index in [0.717, 1.165) is 18.4 Å². The molecule has 1 atom stereocenters. The van der Waals surface area contributed by atoms with Crippen molar-refractivity contribution < 1.29 is 27.1 Å². The predicted molar refractivity (Wildman–Crippen MR) is 116 cm³/mol. The Bertz CT molecular complexity index is 1100. The predicted octanol–water partition coefficient (Wildman–Crippen LogP) is 2.31. The van der Waals surface area contributed by atoms with Gasteiger partial charge in [0.2, 0.25) is 10.0 Å². The molecule has 10 heteroatoms. The lowest BCUT2D eigenvalue weighted by Crippen LogP contribution is -2.34. The fraction of sp³-hybridized carbons (Fsp3) is 0.364. The van der Waals surface area contributed by atoms with Crippen LogP contribution in [0.1, 0.15) is 41.7 Å². The highest BCUT2D eigenvalue weighted by Crippen LogP contribution is 2.27. The zero-order chi connectivity index (χ0) is 23.5. The molecule has 0 saturated carbocycles. The molecule has 1 aliphatic heterocycles. The van der Waals surface area contributed by atoms with E-state index in [1.807, 2.05) is 0 Å². The molecule has 1 heterocycles. The minimum atomic E-state index is -3.73. The molecule has 1 aliphatic rings. The van der Waals surface area contributed by atoms with Gasteiger partial charge < -0.3 is 15.4 Å². The average Bonchev–Trinajstić information content (AvgIpc) is 3.32. The standard InChI is InChI=1S/C22H26FN3O5S/c1-15(16-5-7-17(23)8-6-16)25(2)21(27)14-31-20-10-9-18(13-19(20)22(24)28)32(29,30)26-11-3-4-12-26/h5-10,13,15H,3-4,11-12,14H2,1-2H3,(H2,24,28). The van der Waals surface area contributed by atoms with Gasteiger partial charge in [0.25, 0.3) is 11.8 Å². The summed E-state index contributed by atoms with van der Waals surface area (Å²) in [6, 6.07) is 9.33. The van der Waals surface area contributed by atoms with Gasteiger partial charge in [0.1, 0.15) is 11.6 Å². The Morgan fingerprint density at radius 1 is 1.16 bits per heavy atom. The summed E-state index contributed by atoms with van der Waals surface area (Å²) in [6.45, 7) is 2.26. The van der Waals surface area contributed by atoms with Gasteiger partial charge in [-0.2, -0.15) is 4.31 Å². The molecular formula is C22H26FN3O5S. The van der Waals surface area contributed by atoms with Crippen molar-refractivity contribution >= 4 is 21.8 Å². The van der Waals surface area contributed by atoms with E-state index < -0.39 is 15.9 Å². The minimum Gasteiger partial charge on any atom is -0.483 e. The molecule has 1 saturated heterocycles. The van der Waals surface area contributed by atoms with E-state index in [9.17, 15) is 22.4 Å². The quantitative estimate of drug-likeness (QED) is 0.646. The largest absolute Gasteiger partial charge is 0.483 e. The summed E-state index contributed by atoms with van der Waals surface area (Å²) in [4.78, 5) is 25.9. The zero-order valence-electron chi connectivity index (χ0n) is 18.0. The molecule has 2 aromatic carbocycles. The Balaban J connectivity index is 1.73. The second kappa shape index (κ2) is 9.66. The van der Waals surface area contributed by atoms with E-state index >= 15 is 0 Å². The van der Waals surface area contributed by atoms with Crippen LogP contribution in [0.5, 0.6) is 5.75 Å². The number of nitrogens with two attached hydrogens (primary N) is 1. The van der Waals surface area contributed by atoms with Crippen LogP contribution in [0.25, 0.3) is 0 Å². The van der Waals surface area contributed by atoms with E-state index in [0.29, 0.717) is 13.1 Å². The number of hydrogen-bond acceptors (Lipinski definition) is 5. The number of amides is 2. The molecule has 2 N–H and O–H groups in total. The molecule has 2 amide bonds. The second-order valence-corrected chi connectivity index (χ2v) is 9.59. The Morgan fingerprint density at radius 3 is 2.38 bits per heavy atom. The third-order valence-electron chi connectivity index (χ3n) is 5.60. The number of halogens is 1. The molecular weight excluding hydrogens is 437 g/mol. The van der Waals surface area contributed by atoms with Gasteiger partial charge in [-0.1, -0.05) is 12.1 Å². The number of likely N-dealkylation sites (N-methyl/N-ethyl adjacent to an activating group) is 1. The summed E-state index contributed by atoms with van der Waals surface area (Å²) in [5.41, 5.74) is 6.06. The lowest BCUT2D eigenvalue weighted by molar-refractivity contribution is -0.134. The normalized spacial score (nSPS) is 15.3. The van der Waals surface area contributed by atoms with E-state index in [-0.39, 0.29) is 40.6 Å². The number of sulfonamides is 1. The van der Waals surface area contributed by atoms with Crippen molar-refractivity contribution in [2.45, 2.75) is 30.7 Å². The fourth-order valence-electron chi connectivity index (χ4n) is 3.49. The van der Waals surface area contributed by atoms with Crippen LogP contribution in [0.2, 0.25) is 0 Å². The molecule has 172 valence electrons. The van der Waals surface area contributed by atoms with Gasteiger partial charge in [0, 0.05) is 20.1 Å². The molecule has 1 fully saturated rings. The van der Waals surface area contributed by atoms with Crippen molar-refractivity contribution in [3.8, 4) is 5.75 Å². The van der Waals surface area contributed by atoms with Gasteiger partial charge in [0.05, 0.1) is 16.5 Å². The van der Waals surface area contributed by atoms with Gasteiger partial charge in [-0.15, -0.1) is 0 Å². The van der Waals surface area contributed by atoms with E-state index in [2.05, 4.69) is 0 Å². The van der Waals surface area contributed by atoms with Crippen LogP contribution in [-0.4, -0.2) is 56.2 Å². The first-order valence-electron chi connectivity index (χ1n) is 10.2. The summed E-state index contributed by atoms with van der Waals surface area (Å²) < 4.78 is 45.5. The van der Waals surface area contributed by atoms with Crippen LogP contribution in [0.15, 0.2) is 47.4 Å². The van der Waals surface area contributed by atoms with Gasteiger partial charge in [0.15, 0.2) is 6.61 Å². The maximum absolute atomic E-state index is 13.1. The Labute approximate surface area is 186 Å². The number of benzene rings is 2. The van der Waals surface area contributed by atoms with Crippen LogP contribution >= 0.6 is 0 Å². The summed E-state index contributed by atoms with van der Waals surface area (Å²) in [7, 11) is -2.15. The lowest BCUT2D eigenvalue weighted by Gasteiger charge is -2.25. The van der Waals surface area contributed by atoms with Gasteiger partial charge in [-0.05, 0) is 55.7 Å². The van der Waals surface area contributed by atoms with Gasteiger partial charge >= 0.3 is 0 Å². The number of primary amides is 1. The second-order valence-electron chi connectivity index (χ2n) is 7.65. The minimum absolute atomic E-state index is 0.0223. The van der Waals surface area contributed by atoms with Crippen molar-refractivity contribution in [1.82, 2.24) is 9.21 Å². The molecule has 0 aliphatic carbocycles. The Morgan fingerprint density at radius 2 is 1.78 bits per heavy atom. The average molecular weight is 464 g/mol. The topological polar surface area (TPSA) is 110 Å². The zero-order valence-corrected chi connectivity index (χ0v) is 18.8. The van der Waals surface area contributed by atoms with Crippen molar-refractivity contribution in [1.29, 1.82) is 0 Å². The van der Waals surface area contributed by atoms with Crippen molar-refractivity contribution in [2.24, 2.45) is 5.73 Å². The summed E-state index contributed by atoms with van der Waals surface area (Å²) in [5.74, 6) is -1.59. The molecule has 2 aromatic rings. The smallest absolute Gasteiger partial charge is 0.260 e. The van der Waals surface area contributed by atoms with Crippen LogP contribution in [0.3, 0.4) is 0 Å². The molecule has 0 radical (unpaired) electrons. The Hall–Kier alpha value is -2.98. The monoisotopic (exact) mass is 463 g/mol. The lowest BCUT2D eigenvalue weighted by atomic mass is 10.1. The van der Waals surface area contributed by atoms with Crippen LogP contribution in [-0.2, 0) is 14.8 Å². The number of carbonyl (C=O) groups excluding carboxylic acids is 2. The molecule has 0 spiro atoms. The van der Waals surface area contributed by atoms with Crippen molar-refractivity contribution in [2.75, 3.05) is 26.7 Å². The number of carbonyl (C=O) groups is 2. The maximum Gasteiger partial charge on any atom is 0.260 e. The number of nitrogens with zero attached hydrogens (tertiary/aromatic N) is 2. The van der Waals surface area contributed by atoms with Gasteiger partial charge in [-0.25, -0.2) is 12.8 Å². The first-order chi connectivity index (χ1) is 15.1. The van der Waals surface area contributed by atoms with Crippen LogP contribution in [0, 0.1) is 5.82 Å². The van der Waals surface area contributed by atoms with E-state index in [1.54, 1.807) is 26.1 Å². The first kappa shape index (κ1) is 23.7. The fourth-order valence-corrected chi connectivity index (χ4v) is 5.03. The summed E-state index contributed by atoms with van der Waals surface area (Å²) in [5, 5.41) is 0. The third-order valence-corrected chi connectivity index (χ3v) is 7.49. The van der Waals surface area contributed by atoms with Gasteiger partial charge in [-0.3, -0.25) is 9.59 Å². The molecule has 32 heavy (non-hydrogen) atoms. The number of hydrogen-bond donors (Lipinski definition) is 1. The van der Waals surface area contributed by atoms with Crippen LogP contribution in [0.4, 0.5) is 4.39 Å². The number of rotatable bonds is 8. The maximum atomic E-state index is 13.1.